The molecule has 2 rings (SSSR count). The number of rotatable bonds is 2. The molecule has 1 amide bonds. The maximum atomic E-state index is 11.7. The third-order valence-electron chi connectivity index (χ3n) is 2.66. The smallest absolute Gasteiger partial charge is 0.265 e. The number of amides is 1. The van der Waals surface area contributed by atoms with Gasteiger partial charge in [0, 0.05) is 12.6 Å². The number of hydrogen-bond donors (Lipinski definition) is 1. The minimum absolute atomic E-state index is 0.00278. The Kier molecular flexibility index (Phi) is 2.83. The summed E-state index contributed by atoms with van der Waals surface area (Å²) in [6.07, 6.45) is 0. The van der Waals surface area contributed by atoms with E-state index in [9.17, 15) is 4.79 Å². The van der Waals surface area contributed by atoms with Gasteiger partial charge in [-0.15, -0.1) is 0 Å². The highest BCUT2D eigenvalue weighted by atomic mass is 16.5. The van der Waals surface area contributed by atoms with E-state index in [0.29, 0.717) is 6.54 Å². The predicted molar refractivity (Wildman–Crippen MR) is 62.5 cm³/mol. The molecule has 4 heteroatoms. The van der Waals surface area contributed by atoms with Crippen LogP contribution >= 0.6 is 0 Å². The first-order valence-corrected chi connectivity index (χ1v) is 5.41. The third-order valence-corrected chi connectivity index (χ3v) is 2.66. The molecule has 0 saturated heterocycles. The lowest BCUT2D eigenvalue weighted by Crippen LogP contribution is -2.43. The molecule has 16 heavy (non-hydrogen) atoms. The fourth-order valence-electron chi connectivity index (χ4n) is 1.91. The van der Waals surface area contributed by atoms with E-state index in [1.807, 2.05) is 32.0 Å². The minimum Gasteiger partial charge on any atom is -0.482 e. The van der Waals surface area contributed by atoms with Crippen LogP contribution in [-0.4, -0.2) is 18.6 Å². The number of carbonyl (C=O) groups is 1. The third kappa shape index (κ3) is 1.76. The predicted octanol–water partition coefficient (Wildman–Crippen LogP) is 1.28. The Morgan fingerprint density at radius 3 is 2.88 bits per heavy atom. The van der Waals surface area contributed by atoms with Crippen molar-refractivity contribution in [1.29, 1.82) is 0 Å². The highest BCUT2D eigenvalue weighted by molar-refractivity contribution is 5.98. The molecule has 1 aliphatic heterocycles. The van der Waals surface area contributed by atoms with Crippen molar-refractivity contribution in [3.05, 3.63) is 23.8 Å². The highest BCUT2D eigenvalue weighted by Crippen LogP contribution is 2.33. The minimum atomic E-state index is 0.00278. The second-order valence-corrected chi connectivity index (χ2v) is 4.15. The van der Waals surface area contributed by atoms with Crippen LogP contribution in [0.1, 0.15) is 19.4 Å². The first-order valence-electron chi connectivity index (χ1n) is 5.41. The molecule has 1 heterocycles. The van der Waals surface area contributed by atoms with Gasteiger partial charge in [0.1, 0.15) is 5.75 Å². The number of nitrogens with zero attached hydrogens (tertiary/aromatic N) is 1. The molecular formula is C12H16N2O2. The molecule has 0 aliphatic carbocycles. The summed E-state index contributed by atoms with van der Waals surface area (Å²) < 4.78 is 5.41. The van der Waals surface area contributed by atoms with E-state index in [0.717, 1.165) is 17.0 Å². The molecule has 0 fully saturated rings. The number of nitrogens with two attached hydrogens (primary N) is 1. The van der Waals surface area contributed by atoms with Gasteiger partial charge in [-0.3, -0.25) is 4.79 Å². The van der Waals surface area contributed by atoms with Gasteiger partial charge < -0.3 is 15.4 Å². The molecule has 1 aromatic rings. The Bertz CT molecular complexity index is 415. The van der Waals surface area contributed by atoms with Crippen molar-refractivity contribution >= 4 is 11.6 Å². The van der Waals surface area contributed by atoms with Crippen molar-refractivity contribution < 1.29 is 9.53 Å². The molecule has 1 aliphatic rings. The van der Waals surface area contributed by atoms with Crippen LogP contribution in [0.5, 0.6) is 5.75 Å². The van der Waals surface area contributed by atoms with Crippen molar-refractivity contribution in [2.75, 3.05) is 11.5 Å². The molecule has 0 saturated carbocycles. The van der Waals surface area contributed by atoms with Gasteiger partial charge in [0.05, 0.1) is 5.69 Å². The highest BCUT2D eigenvalue weighted by Gasteiger charge is 2.27. The average molecular weight is 220 g/mol. The molecule has 0 aromatic heterocycles. The van der Waals surface area contributed by atoms with Crippen LogP contribution in [0.2, 0.25) is 0 Å². The van der Waals surface area contributed by atoms with Gasteiger partial charge in [0.15, 0.2) is 6.61 Å². The van der Waals surface area contributed by atoms with E-state index in [-0.39, 0.29) is 18.6 Å². The van der Waals surface area contributed by atoms with Crippen molar-refractivity contribution in [3.8, 4) is 5.75 Å². The molecular weight excluding hydrogens is 204 g/mol. The number of hydrogen-bond acceptors (Lipinski definition) is 3. The fraction of sp³-hybridized carbons (Fsp3) is 0.417. The quantitative estimate of drug-likeness (QED) is 0.816. The summed E-state index contributed by atoms with van der Waals surface area (Å²) in [6.45, 7) is 4.57. The van der Waals surface area contributed by atoms with Gasteiger partial charge in [0.2, 0.25) is 0 Å². The first kappa shape index (κ1) is 11.0. The maximum absolute atomic E-state index is 11.7. The lowest BCUT2D eigenvalue weighted by atomic mass is 10.1. The molecule has 2 N–H and O–H groups in total. The van der Waals surface area contributed by atoms with Gasteiger partial charge in [0.25, 0.3) is 5.91 Å². The van der Waals surface area contributed by atoms with E-state index in [4.69, 9.17) is 10.5 Å². The zero-order chi connectivity index (χ0) is 11.7. The molecule has 86 valence electrons. The van der Waals surface area contributed by atoms with E-state index < -0.39 is 0 Å². The second kappa shape index (κ2) is 4.14. The largest absolute Gasteiger partial charge is 0.482 e. The molecule has 0 unspecified atom stereocenters. The zero-order valence-electron chi connectivity index (χ0n) is 9.56. The van der Waals surface area contributed by atoms with Crippen molar-refractivity contribution in [2.45, 2.75) is 26.4 Å². The van der Waals surface area contributed by atoms with E-state index in [1.54, 1.807) is 4.90 Å². The van der Waals surface area contributed by atoms with Crippen LogP contribution in [0.4, 0.5) is 5.69 Å². The standard InChI is InChI=1S/C12H16N2O2/c1-8(2)14-10-4-3-9(6-13)5-11(10)16-7-12(14)15/h3-5,8H,6-7,13H2,1-2H3. The lowest BCUT2D eigenvalue weighted by Gasteiger charge is -2.32. The topological polar surface area (TPSA) is 55.6 Å². The second-order valence-electron chi connectivity index (χ2n) is 4.15. The number of carbonyl (C=O) groups excluding carboxylic acids is 1. The van der Waals surface area contributed by atoms with Crippen LogP contribution < -0.4 is 15.4 Å². The lowest BCUT2D eigenvalue weighted by molar-refractivity contribution is -0.121. The Labute approximate surface area is 95.0 Å². The summed E-state index contributed by atoms with van der Waals surface area (Å²) in [5, 5.41) is 0. The van der Waals surface area contributed by atoms with Gasteiger partial charge >= 0.3 is 0 Å². The SMILES string of the molecule is CC(C)N1C(=O)COc2cc(CN)ccc21. The normalized spacial score (nSPS) is 15.0. The number of fused-ring (bicyclic) bond motifs is 1. The number of benzene rings is 1. The average Bonchev–Trinajstić information content (AvgIpc) is 2.27. The fourth-order valence-corrected chi connectivity index (χ4v) is 1.91. The molecule has 0 radical (unpaired) electrons. The van der Waals surface area contributed by atoms with E-state index in [1.165, 1.54) is 0 Å². The first-order chi connectivity index (χ1) is 7.63. The van der Waals surface area contributed by atoms with Crippen LogP contribution in [0.25, 0.3) is 0 Å². The Balaban J connectivity index is 2.44. The van der Waals surface area contributed by atoms with Crippen LogP contribution in [0.15, 0.2) is 18.2 Å². The van der Waals surface area contributed by atoms with Gasteiger partial charge in [-0.2, -0.15) is 0 Å². The Morgan fingerprint density at radius 2 is 2.25 bits per heavy atom. The maximum Gasteiger partial charge on any atom is 0.265 e. The summed E-state index contributed by atoms with van der Waals surface area (Å²) in [4.78, 5) is 13.5. The van der Waals surface area contributed by atoms with Crippen LogP contribution in [0.3, 0.4) is 0 Å². The van der Waals surface area contributed by atoms with Crippen molar-refractivity contribution in [2.24, 2.45) is 5.73 Å². The van der Waals surface area contributed by atoms with Gasteiger partial charge in [-0.1, -0.05) is 6.07 Å². The summed E-state index contributed by atoms with van der Waals surface area (Å²) in [6, 6.07) is 5.86. The van der Waals surface area contributed by atoms with Crippen LogP contribution in [-0.2, 0) is 11.3 Å². The van der Waals surface area contributed by atoms with Crippen LogP contribution in [0, 0.1) is 0 Å². The Hall–Kier alpha value is -1.55. The summed E-state index contributed by atoms with van der Waals surface area (Å²) in [5.74, 6) is 0.749. The van der Waals surface area contributed by atoms with Crippen molar-refractivity contribution in [3.63, 3.8) is 0 Å². The number of ether oxygens (including phenoxy) is 1. The summed E-state index contributed by atoms with van der Waals surface area (Å²) >= 11 is 0. The Morgan fingerprint density at radius 1 is 1.50 bits per heavy atom. The summed E-state index contributed by atoms with van der Waals surface area (Å²) in [7, 11) is 0. The number of anilines is 1. The molecule has 0 atom stereocenters. The summed E-state index contributed by atoms with van der Waals surface area (Å²) in [5.41, 5.74) is 7.42. The molecule has 1 aromatic carbocycles. The van der Waals surface area contributed by atoms with Gasteiger partial charge in [-0.25, -0.2) is 0 Å². The molecule has 0 spiro atoms. The molecule has 4 nitrogen and oxygen atoms in total. The zero-order valence-corrected chi connectivity index (χ0v) is 9.56. The molecule has 0 bridgehead atoms. The van der Waals surface area contributed by atoms with E-state index >= 15 is 0 Å². The van der Waals surface area contributed by atoms with Crippen molar-refractivity contribution in [1.82, 2.24) is 0 Å². The van der Waals surface area contributed by atoms with E-state index in [2.05, 4.69) is 0 Å². The van der Waals surface area contributed by atoms with Gasteiger partial charge in [-0.05, 0) is 31.5 Å². The monoisotopic (exact) mass is 220 g/mol.